The largest absolute Gasteiger partial charge is 0.472 e. The molecule has 0 amide bonds. The molecule has 0 unspecified atom stereocenters. The van der Waals surface area contributed by atoms with E-state index in [1.54, 1.807) is 0 Å². The number of hydrogen-bond donors (Lipinski definition) is 4. The zero-order valence-corrected chi connectivity index (χ0v) is 7.52. The van der Waals surface area contributed by atoms with Crippen molar-refractivity contribution in [2.45, 2.75) is 0 Å². The molecule has 0 spiro atoms. The number of phosphoric acid groups is 2. The van der Waals surface area contributed by atoms with Gasteiger partial charge in [-0.1, -0.05) is 0 Å². The van der Waals surface area contributed by atoms with E-state index in [2.05, 4.69) is 9.05 Å². The lowest BCUT2D eigenvalue weighted by atomic mass is 10.8. The van der Waals surface area contributed by atoms with E-state index in [1.807, 2.05) is 0 Å². The fourth-order valence-electron chi connectivity index (χ4n) is 0.343. The molecule has 0 saturated carbocycles. The van der Waals surface area contributed by atoms with Crippen molar-refractivity contribution in [1.82, 2.24) is 0 Å². The summed E-state index contributed by atoms with van der Waals surface area (Å²) in [5.41, 5.74) is 0. The van der Waals surface area contributed by atoms with Gasteiger partial charge in [-0.15, -0.1) is 0 Å². The fourth-order valence-corrected chi connectivity index (χ4v) is 1.03. The maximum atomic E-state index is 10.1. The van der Waals surface area contributed by atoms with Crippen LogP contribution in [0.2, 0.25) is 0 Å². The average Bonchev–Trinajstić information content (AvgIpc) is 2.08. The molecule has 0 atom stereocenters. The molecule has 0 bridgehead atoms. The minimum atomic E-state index is -4.64. The van der Waals surface area contributed by atoms with E-state index in [9.17, 15) is 4.57 Å². The van der Waals surface area contributed by atoms with Crippen LogP contribution in [-0.4, -0.2) is 32.8 Å². The van der Waals surface area contributed by atoms with Crippen molar-refractivity contribution in [2.24, 2.45) is 0 Å². The van der Waals surface area contributed by atoms with Gasteiger partial charge in [0.1, 0.15) is 0 Å². The Morgan fingerprint density at radius 1 is 1.17 bits per heavy atom. The molecule has 4 N–H and O–H groups in total. The minimum absolute atomic E-state index is 0.230. The highest BCUT2D eigenvalue weighted by Crippen LogP contribution is 2.46. The van der Waals surface area contributed by atoms with Crippen LogP contribution in [0.5, 0.6) is 0 Å². The molecule has 1 rings (SSSR count). The van der Waals surface area contributed by atoms with Gasteiger partial charge in [0, 0.05) is 0 Å². The Morgan fingerprint density at radius 2 is 1.42 bits per heavy atom. The molecule has 1 saturated heterocycles. The predicted molar refractivity (Wildman–Crippen MR) is 36.0 cm³/mol. The molecule has 1 fully saturated rings. The van der Waals surface area contributed by atoms with Crippen LogP contribution in [-0.2, 0) is 18.2 Å². The highest BCUT2D eigenvalue weighted by atomic mass is 31.2. The molecule has 8 nitrogen and oxygen atoms in total. The van der Waals surface area contributed by atoms with Crippen LogP contribution in [0.1, 0.15) is 0 Å². The molecule has 10 heteroatoms. The Morgan fingerprint density at radius 3 is 1.50 bits per heavy atom. The Balaban J connectivity index is 0.000000217. The lowest BCUT2D eigenvalue weighted by Gasteiger charge is -1.94. The summed E-state index contributed by atoms with van der Waals surface area (Å²) < 4.78 is 27.5. The topological polar surface area (TPSA) is 134 Å². The normalized spacial score (nSPS) is 21.3. The Hall–Kier alpha value is 0.220. The lowest BCUT2D eigenvalue weighted by molar-refractivity contribution is 0.262. The fraction of sp³-hybridized carbons (Fsp3) is 1.00. The van der Waals surface area contributed by atoms with Gasteiger partial charge in [-0.2, -0.15) is 0 Å². The second kappa shape index (κ2) is 4.45. The molecule has 12 heavy (non-hydrogen) atoms. The van der Waals surface area contributed by atoms with Gasteiger partial charge in [0.15, 0.2) is 0 Å². The molecule has 0 aliphatic carbocycles. The van der Waals surface area contributed by atoms with Crippen LogP contribution in [0.3, 0.4) is 0 Å². The van der Waals surface area contributed by atoms with E-state index in [-0.39, 0.29) is 13.2 Å². The summed E-state index contributed by atoms with van der Waals surface area (Å²) in [4.78, 5) is 29.9. The lowest BCUT2D eigenvalue weighted by Crippen LogP contribution is -1.79. The first-order chi connectivity index (χ1) is 5.21. The number of hydrogen-bond acceptors (Lipinski definition) is 4. The SMILES string of the molecule is O=P(O)(O)O.O=P1(O)OCCO1. The van der Waals surface area contributed by atoms with E-state index < -0.39 is 15.6 Å². The minimum Gasteiger partial charge on any atom is -0.303 e. The smallest absolute Gasteiger partial charge is 0.303 e. The van der Waals surface area contributed by atoms with Gasteiger partial charge in [-0.3, -0.25) is 9.05 Å². The predicted octanol–water partition coefficient (Wildman–Crippen LogP) is -0.795. The molecule has 1 aliphatic rings. The second-order valence-electron chi connectivity index (χ2n) is 1.65. The first kappa shape index (κ1) is 12.2. The zero-order valence-electron chi connectivity index (χ0n) is 5.73. The average molecular weight is 222 g/mol. The van der Waals surface area contributed by atoms with E-state index >= 15 is 0 Å². The maximum Gasteiger partial charge on any atom is 0.472 e. The third-order valence-electron chi connectivity index (χ3n) is 0.592. The van der Waals surface area contributed by atoms with Gasteiger partial charge in [0.05, 0.1) is 13.2 Å². The van der Waals surface area contributed by atoms with Gasteiger partial charge in [0.25, 0.3) is 0 Å². The molecular weight excluding hydrogens is 214 g/mol. The van der Waals surface area contributed by atoms with E-state index in [0.29, 0.717) is 0 Å². The van der Waals surface area contributed by atoms with Gasteiger partial charge >= 0.3 is 15.6 Å². The van der Waals surface area contributed by atoms with Crippen LogP contribution >= 0.6 is 15.6 Å². The summed E-state index contributed by atoms with van der Waals surface area (Å²) >= 11 is 0. The Kier molecular flexibility index (Phi) is 4.54. The third kappa shape index (κ3) is 10.2. The summed E-state index contributed by atoms with van der Waals surface area (Å²) in [5.74, 6) is 0. The van der Waals surface area contributed by atoms with Crippen molar-refractivity contribution >= 4 is 15.6 Å². The zero-order chi connectivity index (χ0) is 9.83. The molecule has 1 heterocycles. The van der Waals surface area contributed by atoms with Crippen molar-refractivity contribution in [1.29, 1.82) is 0 Å². The van der Waals surface area contributed by atoms with E-state index in [1.165, 1.54) is 0 Å². The monoisotopic (exact) mass is 222 g/mol. The molecule has 0 aromatic rings. The van der Waals surface area contributed by atoms with Crippen LogP contribution in [0.15, 0.2) is 0 Å². The molecular formula is C2H8O8P2. The van der Waals surface area contributed by atoms with Gasteiger partial charge in [0.2, 0.25) is 0 Å². The quantitative estimate of drug-likeness (QED) is 0.391. The molecule has 74 valence electrons. The van der Waals surface area contributed by atoms with Gasteiger partial charge in [-0.25, -0.2) is 9.13 Å². The van der Waals surface area contributed by atoms with Crippen LogP contribution in [0, 0.1) is 0 Å². The Bertz CT molecular complexity index is 199. The van der Waals surface area contributed by atoms with Gasteiger partial charge < -0.3 is 19.6 Å². The Labute approximate surface area is 67.6 Å². The summed E-state index contributed by atoms with van der Waals surface area (Å²) in [5, 5.41) is 0. The van der Waals surface area contributed by atoms with E-state index in [4.69, 9.17) is 24.1 Å². The first-order valence-electron chi connectivity index (χ1n) is 2.61. The summed E-state index contributed by atoms with van der Waals surface area (Å²) in [7, 11) is -8.18. The highest BCUT2D eigenvalue weighted by Gasteiger charge is 2.26. The maximum absolute atomic E-state index is 10.1. The number of rotatable bonds is 0. The third-order valence-corrected chi connectivity index (χ3v) is 1.61. The highest BCUT2D eigenvalue weighted by molar-refractivity contribution is 7.47. The number of phosphoric ester groups is 1. The molecule has 0 aromatic heterocycles. The van der Waals surface area contributed by atoms with Crippen LogP contribution in [0.25, 0.3) is 0 Å². The van der Waals surface area contributed by atoms with E-state index in [0.717, 1.165) is 0 Å². The van der Waals surface area contributed by atoms with Gasteiger partial charge in [-0.05, 0) is 0 Å². The molecule has 0 aromatic carbocycles. The summed E-state index contributed by atoms with van der Waals surface area (Å²) in [6.45, 7) is 0.460. The van der Waals surface area contributed by atoms with Crippen LogP contribution in [0.4, 0.5) is 0 Å². The van der Waals surface area contributed by atoms with Crippen molar-refractivity contribution in [3.63, 3.8) is 0 Å². The van der Waals surface area contributed by atoms with Crippen molar-refractivity contribution < 1.29 is 37.8 Å². The van der Waals surface area contributed by atoms with Crippen molar-refractivity contribution in [3.05, 3.63) is 0 Å². The summed E-state index contributed by atoms with van der Waals surface area (Å²) in [6.07, 6.45) is 0. The van der Waals surface area contributed by atoms with Crippen molar-refractivity contribution in [3.8, 4) is 0 Å². The molecule has 1 aliphatic heterocycles. The first-order valence-corrected chi connectivity index (χ1v) is 5.67. The van der Waals surface area contributed by atoms with Crippen molar-refractivity contribution in [2.75, 3.05) is 13.2 Å². The standard InChI is InChI=1S/C2H5O4P.H3O4P/c3-7(4)5-1-2-6-7;1-5(2,3)4/h1-2H2,(H,3,4);(H3,1,2,3,4). The second-order valence-corrected chi connectivity index (χ2v) is 4.13. The van der Waals surface area contributed by atoms with Crippen LogP contribution < -0.4 is 0 Å². The summed E-state index contributed by atoms with van der Waals surface area (Å²) in [6, 6.07) is 0. The molecule has 0 radical (unpaired) electrons.